The van der Waals surface area contributed by atoms with Crippen LogP contribution < -0.4 is 0 Å². The fraction of sp³-hybridized carbons (Fsp3) is 0.607. The van der Waals surface area contributed by atoms with Crippen molar-refractivity contribution >= 4 is 11.8 Å². The average molecular weight is 839 g/mol. The number of hydrogen-bond acceptors (Lipinski definition) is 5. The Labute approximate surface area is 373 Å². The number of carbonyl (C=O) groups is 2. The highest BCUT2D eigenvalue weighted by molar-refractivity contribution is 5.95. The number of ketones is 1. The van der Waals surface area contributed by atoms with E-state index in [1.807, 2.05) is 50.3 Å². The Morgan fingerprint density at radius 2 is 1.08 bits per heavy atom. The van der Waals surface area contributed by atoms with Crippen LogP contribution in [0.4, 0.5) is 0 Å². The van der Waals surface area contributed by atoms with Gasteiger partial charge in [-0.15, -0.1) is 0 Å². The molecule has 4 atom stereocenters. The van der Waals surface area contributed by atoms with Crippen molar-refractivity contribution in [3.63, 3.8) is 0 Å². The molecule has 2 N–H and O–H groups in total. The Morgan fingerprint density at radius 3 is 1.57 bits per heavy atom. The van der Waals surface area contributed by atoms with Crippen molar-refractivity contribution in [1.29, 1.82) is 0 Å². The van der Waals surface area contributed by atoms with E-state index in [1.54, 1.807) is 6.08 Å². The van der Waals surface area contributed by atoms with Crippen LogP contribution in [-0.4, -0.2) is 40.3 Å². The third-order valence-corrected chi connectivity index (χ3v) is 13.2. The molecule has 0 spiro atoms. The molecule has 1 unspecified atom stereocenters. The van der Waals surface area contributed by atoms with E-state index >= 15 is 0 Å². The van der Waals surface area contributed by atoms with Gasteiger partial charge in [0.25, 0.3) is 0 Å². The van der Waals surface area contributed by atoms with Crippen molar-refractivity contribution in [2.75, 3.05) is 0 Å². The molecule has 0 aromatic carbocycles. The van der Waals surface area contributed by atoms with Gasteiger partial charge in [-0.25, -0.2) is 0 Å². The zero-order valence-corrected chi connectivity index (χ0v) is 40.5. The van der Waals surface area contributed by atoms with E-state index in [2.05, 4.69) is 105 Å². The lowest BCUT2D eigenvalue weighted by atomic mass is 9.66. The molecule has 0 bridgehead atoms. The number of hydrogen-bond donors (Lipinski definition) is 2. The van der Waals surface area contributed by atoms with Gasteiger partial charge in [-0.2, -0.15) is 0 Å². The summed E-state index contributed by atoms with van der Waals surface area (Å²) in [6.45, 7) is 22.8. The fourth-order valence-corrected chi connectivity index (χ4v) is 8.80. The number of aliphatic hydroxyl groups excluding tert-OH is 2. The van der Waals surface area contributed by atoms with Crippen LogP contribution in [0.1, 0.15) is 185 Å². The Hall–Kier alpha value is -3.54. The first-order valence-electron chi connectivity index (χ1n) is 23.7. The SMILES string of the molecule is CCCCCCCCCCCCCCCC(=O)OC1[C@H](O)CC(C)=C(/C=C/C(C)=C/C=C/C(C)=C/C=C/C=C(C)/C=C/C=C(C)/C=C/C(=O)[C@]2(C)C[C@@H](O)CC2(C)C)C1(C)C. The lowest BCUT2D eigenvalue weighted by Crippen LogP contribution is -2.47. The Balaban J connectivity index is 1.82. The summed E-state index contributed by atoms with van der Waals surface area (Å²) in [4.78, 5) is 25.9. The van der Waals surface area contributed by atoms with Crippen LogP contribution in [0.5, 0.6) is 0 Å². The van der Waals surface area contributed by atoms with Crippen molar-refractivity contribution in [2.24, 2.45) is 16.2 Å². The topological polar surface area (TPSA) is 83.8 Å². The third kappa shape index (κ3) is 19.2. The number of unbranched alkanes of at least 4 members (excludes halogenated alkanes) is 12. The molecule has 5 nitrogen and oxygen atoms in total. The summed E-state index contributed by atoms with van der Waals surface area (Å²) in [7, 11) is 0. The average Bonchev–Trinajstić information content (AvgIpc) is 3.41. The van der Waals surface area contributed by atoms with Gasteiger partial charge in [0, 0.05) is 17.3 Å². The van der Waals surface area contributed by atoms with Gasteiger partial charge in [-0.05, 0) is 77.4 Å². The minimum absolute atomic E-state index is 0.0759. The molecule has 2 aliphatic rings. The molecule has 61 heavy (non-hydrogen) atoms. The summed E-state index contributed by atoms with van der Waals surface area (Å²) < 4.78 is 6.00. The summed E-state index contributed by atoms with van der Waals surface area (Å²) in [6, 6.07) is 0. The maximum atomic E-state index is 13.0. The second kappa shape index (κ2) is 27.5. The summed E-state index contributed by atoms with van der Waals surface area (Å²) in [6.07, 6.45) is 45.0. The first-order valence-corrected chi connectivity index (χ1v) is 23.7. The Morgan fingerprint density at radius 1 is 0.623 bits per heavy atom. The van der Waals surface area contributed by atoms with E-state index in [-0.39, 0.29) is 17.2 Å². The first-order chi connectivity index (χ1) is 28.8. The van der Waals surface area contributed by atoms with Gasteiger partial charge in [0.05, 0.1) is 12.2 Å². The van der Waals surface area contributed by atoms with E-state index in [4.69, 9.17) is 4.74 Å². The second-order valence-electron chi connectivity index (χ2n) is 19.6. The van der Waals surface area contributed by atoms with E-state index < -0.39 is 29.1 Å². The summed E-state index contributed by atoms with van der Waals surface area (Å²) >= 11 is 0. The number of carbonyl (C=O) groups excluding carboxylic acids is 2. The molecule has 0 saturated heterocycles. The highest BCUT2D eigenvalue weighted by atomic mass is 16.6. The van der Waals surface area contributed by atoms with Gasteiger partial charge >= 0.3 is 5.97 Å². The minimum atomic E-state index is -0.712. The molecule has 0 aromatic heterocycles. The van der Waals surface area contributed by atoms with Crippen molar-refractivity contribution in [3.05, 3.63) is 119 Å². The van der Waals surface area contributed by atoms with E-state index in [9.17, 15) is 19.8 Å². The summed E-state index contributed by atoms with van der Waals surface area (Å²) in [5.74, 6) is -0.128. The van der Waals surface area contributed by atoms with Crippen molar-refractivity contribution in [3.8, 4) is 0 Å². The molecule has 1 fully saturated rings. The maximum Gasteiger partial charge on any atom is 0.306 e. The first kappa shape index (κ1) is 53.6. The molecular weight excluding hydrogens is 753 g/mol. The fourth-order valence-electron chi connectivity index (χ4n) is 8.80. The number of aliphatic hydroxyl groups is 2. The zero-order chi connectivity index (χ0) is 45.5. The maximum absolute atomic E-state index is 13.0. The second-order valence-corrected chi connectivity index (χ2v) is 19.6. The van der Waals surface area contributed by atoms with E-state index in [0.29, 0.717) is 25.7 Å². The molecule has 0 aliphatic heterocycles. The molecule has 2 aliphatic carbocycles. The van der Waals surface area contributed by atoms with Gasteiger partial charge in [0.15, 0.2) is 5.78 Å². The molecule has 0 aromatic rings. The highest BCUT2D eigenvalue weighted by Gasteiger charge is 2.52. The lowest BCUT2D eigenvalue weighted by Gasteiger charge is -2.42. The van der Waals surface area contributed by atoms with Crippen LogP contribution in [0.2, 0.25) is 0 Å². The van der Waals surface area contributed by atoms with Gasteiger partial charge < -0.3 is 14.9 Å². The highest BCUT2D eigenvalue weighted by Crippen LogP contribution is 2.53. The Bertz CT molecular complexity index is 1700. The van der Waals surface area contributed by atoms with E-state index in [0.717, 1.165) is 46.3 Å². The van der Waals surface area contributed by atoms with Crippen molar-refractivity contribution in [2.45, 2.75) is 204 Å². The van der Waals surface area contributed by atoms with Crippen molar-refractivity contribution < 1.29 is 24.5 Å². The van der Waals surface area contributed by atoms with Crippen LogP contribution in [0.25, 0.3) is 0 Å². The quantitative estimate of drug-likeness (QED) is 0.0392. The largest absolute Gasteiger partial charge is 0.459 e. The van der Waals surface area contributed by atoms with Crippen LogP contribution >= 0.6 is 0 Å². The standard InChI is InChI=1S/C56H86O5/c1-12-13-14-15-16-17-18-19-20-21-22-23-24-35-52(60)61-53-50(58)40-47(6)49(55(53,9)10)38-36-45(4)33-27-31-43(2)29-25-26-30-44(3)32-28-34-46(5)37-39-51(59)56(11)42-48(57)41-54(56,7)8/h25-34,36-39,48,50,53,57-58H,12-24,35,40-42H2,1-11H3/b26-25+,31-27+,32-28+,38-36+,39-37+,43-29+,44-30+,45-33+,46-34+/t48-,50+,53?,56-/m0/s1. The number of esters is 1. The monoisotopic (exact) mass is 839 g/mol. The molecule has 0 heterocycles. The van der Waals surface area contributed by atoms with Crippen LogP contribution in [0.3, 0.4) is 0 Å². The van der Waals surface area contributed by atoms with Crippen LogP contribution in [0, 0.1) is 16.2 Å². The van der Waals surface area contributed by atoms with Gasteiger partial charge in [0.1, 0.15) is 6.10 Å². The summed E-state index contributed by atoms with van der Waals surface area (Å²) in [5.41, 5.74) is 5.27. The number of allylic oxidation sites excluding steroid dienone is 18. The van der Waals surface area contributed by atoms with Crippen LogP contribution in [-0.2, 0) is 14.3 Å². The molecule has 0 radical (unpaired) electrons. The van der Waals surface area contributed by atoms with Crippen molar-refractivity contribution in [1.82, 2.24) is 0 Å². The molecule has 2 rings (SSSR count). The van der Waals surface area contributed by atoms with Gasteiger partial charge in [0.2, 0.25) is 0 Å². The molecule has 340 valence electrons. The van der Waals surface area contributed by atoms with E-state index in [1.165, 1.54) is 70.6 Å². The third-order valence-electron chi connectivity index (χ3n) is 13.2. The lowest BCUT2D eigenvalue weighted by molar-refractivity contribution is -0.164. The van der Waals surface area contributed by atoms with Gasteiger partial charge in [-0.3, -0.25) is 9.59 Å². The smallest absolute Gasteiger partial charge is 0.306 e. The molecular formula is C56H86O5. The number of ether oxygens (including phenoxy) is 1. The van der Waals surface area contributed by atoms with Crippen LogP contribution in [0.15, 0.2) is 119 Å². The minimum Gasteiger partial charge on any atom is -0.459 e. The molecule has 5 heteroatoms. The number of rotatable bonds is 26. The molecule has 0 amide bonds. The molecule has 1 saturated carbocycles. The zero-order valence-electron chi connectivity index (χ0n) is 40.5. The predicted octanol–water partition coefficient (Wildman–Crippen LogP) is 14.8. The summed E-state index contributed by atoms with van der Waals surface area (Å²) in [5, 5.41) is 21.2. The Kier molecular flexibility index (Phi) is 24.2. The van der Waals surface area contributed by atoms with Gasteiger partial charge in [-0.1, -0.05) is 225 Å². The normalized spacial score (nSPS) is 24.2. The predicted molar refractivity (Wildman–Crippen MR) is 260 cm³/mol.